The van der Waals surface area contributed by atoms with E-state index in [4.69, 9.17) is 9.47 Å². The molecule has 24 heavy (non-hydrogen) atoms. The highest BCUT2D eigenvalue weighted by Gasteiger charge is 2.08. The molecule has 7 nitrogen and oxygen atoms in total. The van der Waals surface area contributed by atoms with Crippen LogP contribution in [0.2, 0.25) is 0 Å². The number of benzene rings is 2. The van der Waals surface area contributed by atoms with Gasteiger partial charge in [-0.25, -0.2) is 5.43 Å². The number of rotatable bonds is 6. The third kappa shape index (κ3) is 4.39. The van der Waals surface area contributed by atoms with Crippen LogP contribution in [0.5, 0.6) is 23.0 Å². The molecule has 0 spiro atoms. The Morgan fingerprint density at radius 1 is 1.17 bits per heavy atom. The highest BCUT2D eigenvalue weighted by molar-refractivity contribution is 6.01. The zero-order chi connectivity index (χ0) is 17.5. The van der Waals surface area contributed by atoms with E-state index in [-0.39, 0.29) is 18.1 Å². The van der Waals surface area contributed by atoms with Crippen LogP contribution in [0.1, 0.15) is 12.5 Å². The molecule has 0 atom stereocenters. The van der Waals surface area contributed by atoms with E-state index in [0.29, 0.717) is 22.8 Å². The molecule has 0 bridgehead atoms. The number of ether oxygens (including phenoxy) is 2. The fourth-order valence-corrected chi connectivity index (χ4v) is 1.95. The van der Waals surface area contributed by atoms with Gasteiger partial charge in [0.25, 0.3) is 5.91 Å². The van der Waals surface area contributed by atoms with E-state index < -0.39 is 5.91 Å². The Labute approximate surface area is 139 Å². The smallest absolute Gasteiger partial charge is 0.277 e. The second-order valence-electron chi connectivity index (χ2n) is 4.87. The lowest BCUT2D eigenvalue weighted by molar-refractivity contribution is -0.123. The van der Waals surface area contributed by atoms with Crippen molar-refractivity contribution in [3.63, 3.8) is 0 Å². The number of amides is 1. The average molecular weight is 330 g/mol. The molecule has 0 saturated carbocycles. The van der Waals surface area contributed by atoms with Crippen molar-refractivity contribution >= 4 is 11.6 Å². The highest BCUT2D eigenvalue weighted by atomic mass is 16.5. The van der Waals surface area contributed by atoms with Gasteiger partial charge < -0.3 is 19.7 Å². The lowest BCUT2D eigenvalue weighted by Crippen LogP contribution is -2.25. The van der Waals surface area contributed by atoms with Gasteiger partial charge in [0.2, 0.25) is 0 Å². The second kappa shape index (κ2) is 7.87. The summed E-state index contributed by atoms with van der Waals surface area (Å²) < 4.78 is 10.5. The second-order valence-corrected chi connectivity index (χ2v) is 4.87. The van der Waals surface area contributed by atoms with E-state index >= 15 is 0 Å². The Hall–Kier alpha value is -3.22. The van der Waals surface area contributed by atoms with Crippen LogP contribution in [0.3, 0.4) is 0 Å². The molecule has 0 aliphatic heterocycles. The summed E-state index contributed by atoms with van der Waals surface area (Å²) in [6.45, 7) is 1.38. The van der Waals surface area contributed by atoms with Gasteiger partial charge in [-0.1, -0.05) is 12.1 Å². The monoisotopic (exact) mass is 330 g/mol. The average Bonchev–Trinajstić information content (AvgIpc) is 2.58. The Bertz CT molecular complexity index is 758. The van der Waals surface area contributed by atoms with Gasteiger partial charge in [-0.05, 0) is 31.2 Å². The number of nitrogens with one attached hydrogen (secondary N) is 1. The molecule has 2 aromatic rings. The zero-order valence-electron chi connectivity index (χ0n) is 13.3. The van der Waals surface area contributed by atoms with Crippen LogP contribution >= 0.6 is 0 Å². The molecule has 0 heterocycles. The number of methoxy groups -OCH3 is 1. The van der Waals surface area contributed by atoms with E-state index in [0.717, 1.165) is 0 Å². The summed E-state index contributed by atoms with van der Waals surface area (Å²) in [5.41, 5.74) is 3.13. The topological polar surface area (TPSA) is 100 Å². The molecule has 2 rings (SSSR count). The molecule has 3 N–H and O–H groups in total. The van der Waals surface area contributed by atoms with Crippen LogP contribution in [-0.4, -0.2) is 35.5 Å². The maximum Gasteiger partial charge on any atom is 0.277 e. The number of phenols is 2. The fraction of sp³-hybridized carbons (Fsp3) is 0.176. The number of hydrogen-bond acceptors (Lipinski definition) is 6. The largest absolute Gasteiger partial charge is 0.508 e. The molecular formula is C17H18N2O5. The van der Waals surface area contributed by atoms with Crippen LogP contribution in [0.15, 0.2) is 47.6 Å². The number of carbonyl (C=O) groups is 1. The molecule has 0 saturated heterocycles. The zero-order valence-corrected chi connectivity index (χ0v) is 13.3. The minimum Gasteiger partial charge on any atom is -0.508 e. The summed E-state index contributed by atoms with van der Waals surface area (Å²) in [4.78, 5) is 11.8. The number of para-hydroxylation sites is 2. The van der Waals surface area contributed by atoms with Gasteiger partial charge in [0, 0.05) is 11.6 Å². The van der Waals surface area contributed by atoms with Gasteiger partial charge in [-0.2, -0.15) is 5.10 Å². The van der Waals surface area contributed by atoms with Crippen molar-refractivity contribution in [2.45, 2.75) is 6.92 Å². The molecule has 0 radical (unpaired) electrons. The highest BCUT2D eigenvalue weighted by Crippen LogP contribution is 2.25. The Balaban J connectivity index is 1.94. The Morgan fingerprint density at radius 2 is 1.88 bits per heavy atom. The SMILES string of the molecule is COc1ccccc1OCC(=O)NN=C(C)c1ccc(O)cc1O. The van der Waals surface area contributed by atoms with Crippen LogP contribution in [0, 0.1) is 0 Å². The van der Waals surface area contributed by atoms with Crippen LogP contribution in [-0.2, 0) is 4.79 Å². The fourth-order valence-electron chi connectivity index (χ4n) is 1.95. The number of nitrogens with zero attached hydrogens (tertiary/aromatic N) is 1. The minimum atomic E-state index is -0.460. The van der Waals surface area contributed by atoms with Crippen molar-refractivity contribution in [1.29, 1.82) is 0 Å². The van der Waals surface area contributed by atoms with Crippen LogP contribution in [0.25, 0.3) is 0 Å². The number of phenolic OH excluding ortho intramolecular Hbond substituents is 2. The third-order valence-electron chi connectivity index (χ3n) is 3.15. The van der Waals surface area contributed by atoms with Crippen LogP contribution in [0.4, 0.5) is 0 Å². The molecule has 0 aliphatic rings. The van der Waals surface area contributed by atoms with E-state index in [9.17, 15) is 15.0 Å². The molecule has 1 amide bonds. The van der Waals surface area contributed by atoms with Gasteiger partial charge in [0.05, 0.1) is 12.8 Å². The Kier molecular flexibility index (Phi) is 5.62. The first-order chi connectivity index (χ1) is 11.5. The number of hydrogen-bond donors (Lipinski definition) is 3. The molecular weight excluding hydrogens is 312 g/mol. The first-order valence-corrected chi connectivity index (χ1v) is 7.12. The van der Waals surface area contributed by atoms with E-state index in [2.05, 4.69) is 10.5 Å². The first-order valence-electron chi connectivity index (χ1n) is 7.12. The van der Waals surface area contributed by atoms with Gasteiger partial charge >= 0.3 is 0 Å². The molecule has 0 aliphatic carbocycles. The van der Waals surface area contributed by atoms with Crippen molar-refractivity contribution < 1.29 is 24.5 Å². The number of carbonyl (C=O) groups excluding carboxylic acids is 1. The van der Waals surface area contributed by atoms with Gasteiger partial charge in [-0.3, -0.25) is 4.79 Å². The summed E-state index contributed by atoms with van der Waals surface area (Å²) in [7, 11) is 1.51. The van der Waals surface area contributed by atoms with Crippen LogP contribution < -0.4 is 14.9 Å². The summed E-state index contributed by atoms with van der Waals surface area (Å²) >= 11 is 0. The maximum absolute atomic E-state index is 11.8. The van der Waals surface area contributed by atoms with Crippen molar-refractivity contribution in [3.8, 4) is 23.0 Å². The van der Waals surface area contributed by atoms with Gasteiger partial charge in [-0.15, -0.1) is 0 Å². The number of aromatic hydroxyl groups is 2. The molecule has 2 aromatic carbocycles. The van der Waals surface area contributed by atoms with E-state index in [1.807, 2.05) is 0 Å². The first kappa shape index (κ1) is 17.1. The summed E-state index contributed by atoms with van der Waals surface area (Å²) in [6.07, 6.45) is 0. The molecule has 126 valence electrons. The summed E-state index contributed by atoms with van der Waals surface area (Å²) in [5.74, 6) is 0.332. The van der Waals surface area contributed by atoms with Crippen molar-refractivity contribution in [3.05, 3.63) is 48.0 Å². The quantitative estimate of drug-likeness (QED) is 0.556. The predicted molar refractivity (Wildman–Crippen MR) is 88.6 cm³/mol. The van der Waals surface area contributed by atoms with Gasteiger partial charge in [0.1, 0.15) is 11.5 Å². The Morgan fingerprint density at radius 3 is 2.54 bits per heavy atom. The van der Waals surface area contributed by atoms with E-state index in [1.165, 1.54) is 25.3 Å². The summed E-state index contributed by atoms with van der Waals surface area (Å²) in [5, 5.41) is 22.9. The minimum absolute atomic E-state index is 0.0571. The molecule has 0 unspecified atom stereocenters. The third-order valence-corrected chi connectivity index (χ3v) is 3.15. The molecule has 0 aromatic heterocycles. The normalized spacial score (nSPS) is 11.0. The molecule has 0 fully saturated rings. The van der Waals surface area contributed by atoms with Gasteiger partial charge in [0.15, 0.2) is 18.1 Å². The van der Waals surface area contributed by atoms with Crippen molar-refractivity contribution in [2.24, 2.45) is 5.10 Å². The van der Waals surface area contributed by atoms with Crippen molar-refractivity contribution in [1.82, 2.24) is 5.43 Å². The van der Waals surface area contributed by atoms with Crippen molar-refractivity contribution in [2.75, 3.05) is 13.7 Å². The predicted octanol–water partition coefficient (Wildman–Crippen LogP) is 2.03. The maximum atomic E-state index is 11.8. The number of hydrazone groups is 1. The lowest BCUT2D eigenvalue weighted by atomic mass is 10.1. The standard InChI is InChI=1S/C17H18N2O5/c1-11(13-8-7-12(20)9-14(13)21)18-19-17(22)10-24-16-6-4-3-5-15(16)23-2/h3-9,20-21H,10H2,1-2H3,(H,19,22). The van der Waals surface area contributed by atoms with E-state index in [1.54, 1.807) is 31.2 Å². The lowest BCUT2D eigenvalue weighted by Gasteiger charge is -2.09. The summed E-state index contributed by atoms with van der Waals surface area (Å²) in [6, 6.07) is 11.1. The molecule has 7 heteroatoms.